The largest absolute Gasteiger partial charge is 0.493 e. The minimum Gasteiger partial charge on any atom is -0.493 e. The maximum absolute atomic E-state index is 10.6. The molecule has 4 nitrogen and oxygen atoms in total. The summed E-state index contributed by atoms with van der Waals surface area (Å²) in [5.74, 6) is 1.35. The molecule has 1 aromatic rings. The van der Waals surface area contributed by atoms with Crippen molar-refractivity contribution in [3.8, 4) is 11.5 Å². The number of piperidine rings is 1. The van der Waals surface area contributed by atoms with Gasteiger partial charge in [0, 0.05) is 18.6 Å². The number of hydrogen-bond acceptors (Lipinski definition) is 4. The Hall–Kier alpha value is -1.26. The van der Waals surface area contributed by atoms with Gasteiger partial charge in [0.05, 0.1) is 20.3 Å². The second-order valence-electron chi connectivity index (χ2n) is 5.96. The molecule has 1 aliphatic heterocycles. The second-order valence-corrected chi connectivity index (χ2v) is 5.96. The van der Waals surface area contributed by atoms with Gasteiger partial charge in [-0.3, -0.25) is 4.90 Å². The van der Waals surface area contributed by atoms with E-state index in [0.717, 1.165) is 5.56 Å². The molecule has 1 aliphatic rings. The Labute approximate surface area is 127 Å². The van der Waals surface area contributed by atoms with Crippen molar-refractivity contribution in [2.24, 2.45) is 0 Å². The molecule has 0 radical (unpaired) electrons. The quantitative estimate of drug-likeness (QED) is 0.906. The zero-order valence-corrected chi connectivity index (χ0v) is 13.5. The third kappa shape index (κ3) is 3.69. The van der Waals surface area contributed by atoms with Gasteiger partial charge >= 0.3 is 0 Å². The van der Waals surface area contributed by atoms with Gasteiger partial charge in [0.2, 0.25) is 0 Å². The molecule has 1 fully saturated rings. The summed E-state index contributed by atoms with van der Waals surface area (Å²) in [5.41, 5.74) is 0.873. The van der Waals surface area contributed by atoms with Gasteiger partial charge in [-0.2, -0.15) is 0 Å². The summed E-state index contributed by atoms with van der Waals surface area (Å²) in [6.07, 6.45) is 3.20. The Bertz CT molecular complexity index is 453. The number of β-amino-alcohol motifs (C(OH)–C–C–N with tert-alkyl or cyclic N) is 1. The SMILES string of the molecule is COc1ccc(C(O)CN2[C@H](C)CCC[C@@H]2C)cc1OC. The van der Waals surface area contributed by atoms with Gasteiger partial charge in [-0.25, -0.2) is 0 Å². The predicted molar refractivity (Wildman–Crippen MR) is 84.0 cm³/mol. The molecule has 3 atom stereocenters. The first-order chi connectivity index (χ1) is 10.1. The summed E-state index contributed by atoms with van der Waals surface area (Å²) in [6.45, 7) is 5.16. The number of aliphatic hydroxyl groups is 1. The average Bonchev–Trinajstić information content (AvgIpc) is 2.50. The van der Waals surface area contributed by atoms with E-state index in [-0.39, 0.29) is 0 Å². The third-order valence-electron chi connectivity index (χ3n) is 4.55. The molecule has 0 spiro atoms. The van der Waals surface area contributed by atoms with Crippen LogP contribution in [0.25, 0.3) is 0 Å². The van der Waals surface area contributed by atoms with Gasteiger partial charge in [0.15, 0.2) is 11.5 Å². The maximum Gasteiger partial charge on any atom is 0.161 e. The molecule has 1 saturated heterocycles. The van der Waals surface area contributed by atoms with Crippen molar-refractivity contribution in [1.82, 2.24) is 4.90 Å². The highest BCUT2D eigenvalue weighted by Crippen LogP contribution is 2.31. The van der Waals surface area contributed by atoms with E-state index in [2.05, 4.69) is 18.7 Å². The van der Waals surface area contributed by atoms with Crippen LogP contribution in [0, 0.1) is 0 Å². The van der Waals surface area contributed by atoms with E-state index < -0.39 is 6.10 Å². The summed E-state index contributed by atoms with van der Waals surface area (Å²) >= 11 is 0. The molecule has 0 amide bonds. The number of likely N-dealkylation sites (tertiary alicyclic amines) is 1. The number of rotatable bonds is 5. The average molecular weight is 293 g/mol. The number of methoxy groups -OCH3 is 2. The molecule has 1 N–H and O–H groups in total. The van der Waals surface area contributed by atoms with Crippen LogP contribution in [0.15, 0.2) is 18.2 Å². The number of hydrogen-bond donors (Lipinski definition) is 1. The Morgan fingerprint density at radius 2 is 1.76 bits per heavy atom. The minimum absolute atomic E-state index is 0.507. The van der Waals surface area contributed by atoms with Crippen LogP contribution in [0.5, 0.6) is 11.5 Å². The topological polar surface area (TPSA) is 41.9 Å². The van der Waals surface area contributed by atoms with Crippen molar-refractivity contribution in [3.63, 3.8) is 0 Å². The first-order valence-electron chi connectivity index (χ1n) is 7.72. The minimum atomic E-state index is -0.507. The highest BCUT2D eigenvalue weighted by Gasteiger charge is 2.27. The van der Waals surface area contributed by atoms with Crippen LogP contribution in [-0.2, 0) is 0 Å². The molecule has 1 heterocycles. The lowest BCUT2D eigenvalue weighted by Crippen LogP contribution is -2.45. The normalized spacial score (nSPS) is 24.6. The zero-order chi connectivity index (χ0) is 15.4. The van der Waals surface area contributed by atoms with Crippen LogP contribution in [0.4, 0.5) is 0 Å². The molecule has 118 valence electrons. The lowest BCUT2D eigenvalue weighted by molar-refractivity contribution is 0.0411. The van der Waals surface area contributed by atoms with Crippen LogP contribution in [0.1, 0.15) is 44.8 Å². The van der Waals surface area contributed by atoms with E-state index in [1.54, 1.807) is 14.2 Å². The fraction of sp³-hybridized carbons (Fsp3) is 0.647. The van der Waals surface area contributed by atoms with Gasteiger partial charge in [-0.15, -0.1) is 0 Å². The summed E-state index contributed by atoms with van der Waals surface area (Å²) < 4.78 is 10.5. The van der Waals surface area contributed by atoms with Gasteiger partial charge in [-0.1, -0.05) is 12.5 Å². The molecular weight excluding hydrogens is 266 g/mol. The Morgan fingerprint density at radius 3 is 2.33 bits per heavy atom. The van der Waals surface area contributed by atoms with Crippen molar-refractivity contribution in [2.75, 3.05) is 20.8 Å². The van der Waals surface area contributed by atoms with Crippen molar-refractivity contribution in [3.05, 3.63) is 23.8 Å². The molecule has 1 aromatic carbocycles. The van der Waals surface area contributed by atoms with Crippen molar-refractivity contribution in [2.45, 2.75) is 51.3 Å². The molecule has 0 saturated carbocycles. The number of benzene rings is 1. The Morgan fingerprint density at radius 1 is 1.14 bits per heavy atom. The molecule has 0 aliphatic carbocycles. The molecule has 0 aromatic heterocycles. The number of ether oxygens (including phenoxy) is 2. The molecule has 0 bridgehead atoms. The molecule has 21 heavy (non-hydrogen) atoms. The first-order valence-corrected chi connectivity index (χ1v) is 7.72. The third-order valence-corrected chi connectivity index (χ3v) is 4.55. The van der Waals surface area contributed by atoms with Gasteiger partial charge in [0.1, 0.15) is 0 Å². The predicted octanol–water partition coefficient (Wildman–Crippen LogP) is 3.00. The maximum atomic E-state index is 10.6. The lowest BCUT2D eigenvalue weighted by atomic mass is 9.96. The smallest absolute Gasteiger partial charge is 0.161 e. The highest BCUT2D eigenvalue weighted by atomic mass is 16.5. The zero-order valence-electron chi connectivity index (χ0n) is 13.5. The molecule has 4 heteroatoms. The summed E-state index contributed by atoms with van der Waals surface area (Å²) in [6, 6.07) is 6.68. The fourth-order valence-corrected chi connectivity index (χ4v) is 3.20. The van der Waals surface area contributed by atoms with Crippen molar-refractivity contribution < 1.29 is 14.6 Å². The summed E-state index contributed by atoms with van der Waals surface area (Å²) in [5, 5.41) is 10.6. The molecule has 1 unspecified atom stereocenters. The first kappa shape index (κ1) is 16.1. The van der Waals surface area contributed by atoms with E-state index in [0.29, 0.717) is 30.1 Å². The van der Waals surface area contributed by atoms with Crippen LogP contribution in [-0.4, -0.2) is 42.9 Å². The standard InChI is InChI=1S/C17H27NO3/c1-12-6-5-7-13(2)18(12)11-15(19)14-8-9-16(20-3)17(10-14)21-4/h8-10,12-13,15,19H,5-7,11H2,1-4H3/t12-,13+,15?. The molecular formula is C17H27NO3. The Balaban J connectivity index is 2.10. The van der Waals surface area contributed by atoms with Gasteiger partial charge in [0.25, 0.3) is 0 Å². The monoisotopic (exact) mass is 293 g/mol. The second kappa shape index (κ2) is 7.14. The van der Waals surface area contributed by atoms with Crippen LogP contribution in [0.2, 0.25) is 0 Å². The Kier molecular flexibility index (Phi) is 5.48. The summed E-state index contributed by atoms with van der Waals surface area (Å²) in [4.78, 5) is 2.41. The molecule has 2 rings (SSSR count). The van der Waals surface area contributed by atoms with Crippen molar-refractivity contribution in [1.29, 1.82) is 0 Å². The number of aliphatic hydroxyl groups excluding tert-OH is 1. The van der Waals surface area contributed by atoms with E-state index in [4.69, 9.17) is 9.47 Å². The lowest BCUT2D eigenvalue weighted by Gasteiger charge is -2.40. The van der Waals surface area contributed by atoms with Gasteiger partial charge in [-0.05, 0) is 44.4 Å². The van der Waals surface area contributed by atoms with Crippen molar-refractivity contribution >= 4 is 0 Å². The van der Waals surface area contributed by atoms with Crippen LogP contribution < -0.4 is 9.47 Å². The summed E-state index contributed by atoms with van der Waals surface area (Å²) in [7, 11) is 3.23. The van der Waals surface area contributed by atoms with E-state index in [1.807, 2.05) is 18.2 Å². The van der Waals surface area contributed by atoms with Crippen LogP contribution in [0.3, 0.4) is 0 Å². The number of nitrogens with zero attached hydrogens (tertiary/aromatic N) is 1. The highest BCUT2D eigenvalue weighted by molar-refractivity contribution is 5.43. The van der Waals surface area contributed by atoms with E-state index >= 15 is 0 Å². The fourth-order valence-electron chi connectivity index (χ4n) is 3.20. The van der Waals surface area contributed by atoms with E-state index in [9.17, 15) is 5.11 Å². The van der Waals surface area contributed by atoms with E-state index in [1.165, 1.54) is 19.3 Å². The van der Waals surface area contributed by atoms with Crippen LogP contribution >= 0.6 is 0 Å². The van der Waals surface area contributed by atoms with Gasteiger partial charge < -0.3 is 14.6 Å².